The third kappa shape index (κ3) is 6.46. The van der Waals surface area contributed by atoms with Gasteiger partial charge in [0.2, 0.25) is 0 Å². The van der Waals surface area contributed by atoms with E-state index in [-0.39, 0.29) is 13.2 Å². The maximum absolute atomic E-state index is 13.3. The van der Waals surface area contributed by atoms with Crippen LogP contribution in [0.4, 0.5) is 0 Å². The van der Waals surface area contributed by atoms with Gasteiger partial charge >= 0.3 is 5.97 Å². The average molecular weight is 559 g/mol. The molecule has 0 unspecified atom stereocenters. The van der Waals surface area contributed by atoms with E-state index in [1.807, 2.05) is 103 Å². The number of hydrogen-bond acceptors (Lipinski definition) is 4. The second kappa shape index (κ2) is 14.1. The van der Waals surface area contributed by atoms with Crippen LogP contribution < -0.4 is 0 Å². The highest BCUT2D eigenvalue weighted by molar-refractivity contribution is 5.85. The zero-order valence-electron chi connectivity index (χ0n) is 24.1. The molecule has 42 heavy (non-hydrogen) atoms. The Morgan fingerprint density at radius 1 is 0.714 bits per heavy atom. The molecular formula is C38H38O4. The van der Waals surface area contributed by atoms with Crippen LogP contribution in [0.15, 0.2) is 133 Å². The van der Waals surface area contributed by atoms with Crippen molar-refractivity contribution in [3.63, 3.8) is 0 Å². The molecule has 0 aliphatic heterocycles. The molecule has 0 bridgehead atoms. The molecule has 0 aliphatic carbocycles. The maximum atomic E-state index is 13.3. The summed E-state index contributed by atoms with van der Waals surface area (Å²) in [5.74, 6) is -1.29. The van der Waals surface area contributed by atoms with Crippen LogP contribution >= 0.6 is 0 Å². The summed E-state index contributed by atoms with van der Waals surface area (Å²) in [4.78, 5) is 13.3. The van der Waals surface area contributed by atoms with Crippen molar-refractivity contribution in [2.45, 2.75) is 37.9 Å². The molecule has 5 aromatic carbocycles. The first-order valence-electron chi connectivity index (χ1n) is 14.8. The quantitative estimate of drug-likeness (QED) is 0.119. The van der Waals surface area contributed by atoms with E-state index in [1.165, 1.54) is 16.3 Å². The number of benzene rings is 5. The summed E-state index contributed by atoms with van der Waals surface area (Å²) in [5, 5.41) is 13.8. The van der Waals surface area contributed by atoms with E-state index in [0.717, 1.165) is 29.5 Å². The SMILES string of the molecule is CCOC(=O)[C@H](COC(c1ccccc1)(c1ccccc1)c1ccccc1)[C@@H](O)CCCc1cccc2ccccc12. The molecular weight excluding hydrogens is 520 g/mol. The van der Waals surface area contributed by atoms with E-state index in [9.17, 15) is 9.90 Å². The van der Waals surface area contributed by atoms with Crippen molar-refractivity contribution in [2.24, 2.45) is 5.92 Å². The van der Waals surface area contributed by atoms with Gasteiger partial charge in [0.15, 0.2) is 0 Å². The van der Waals surface area contributed by atoms with Crippen LogP contribution in [-0.4, -0.2) is 30.4 Å². The van der Waals surface area contributed by atoms with Crippen LogP contribution in [0.1, 0.15) is 42.0 Å². The van der Waals surface area contributed by atoms with Gasteiger partial charge in [0.05, 0.1) is 19.3 Å². The highest BCUT2D eigenvalue weighted by Crippen LogP contribution is 2.41. The van der Waals surface area contributed by atoms with Crippen LogP contribution in [0.25, 0.3) is 10.8 Å². The standard InChI is InChI=1S/C38H38O4/c1-2-41-37(40)35(36(39)27-15-19-30-18-14-17-29-16-12-13-26-34(29)30)28-42-38(31-20-6-3-7-21-31,32-22-8-4-9-23-32)33-24-10-5-11-25-33/h3-14,16-18,20-26,35-36,39H,2,15,19,27-28H2,1H3/t35-,36+/m1/s1. The average Bonchev–Trinajstić information content (AvgIpc) is 3.04. The van der Waals surface area contributed by atoms with Gasteiger partial charge < -0.3 is 14.6 Å². The second-order valence-corrected chi connectivity index (χ2v) is 10.5. The molecule has 4 heteroatoms. The van der Waals surface area contributed by atoms with Crippen molar-refractivity contribution in [2.75, 3.05) is 13.2 Å². The number of esters is 1. The molecule has 0 saturated heterocycles. The number of ether oxygens (including phenoxy) is 2. The first-order valence-corrected chi connectivity index (χ1v) is 14.8. The molecule has 0 heterocycles. The predicted molar refractivity (Wildman–Crippen MR) is 168 cm³/mol. The summed E-state index contributed by atoms with van der Waals surface area (Å²) >= 11 is 0. The number of aryl methyl sites for hydroxylation is 1. The van der Waals surface area contributed by atoms with E-state index in [1.54, 1.807) is 6.92 Å². The van der Waals surface area contributed by atoms with Gasteiger partial charge in [-0.25, -0.2) is 0 Å². The van der Waals surface area contributed by atoms with E-state index >= 15 is 0 Å². The molecule has 5 aromatic rings. The zero-order valence-corrected chi connectivity index (χ0v) is 24.1. The molecule has 0 aliphatic rings. The normalized spacial score (nSPS) is 13.0. The Morgan fingerprint density at radius 3 is 1.81 bits per heavy atom. The third-order valence-electron chi connectivity index (χ3n) is 7.90. The summed E-state index contributed by atoms with van der Waals surface area (Å²) in [6, 6.07) is 44.8. The van der Waals surface area contributed by atoms with Gasteiger partial charge in [-0.05, 0) is 59.2 Å². The van der Waals surface area contributed by atoms with Crippen LogP contribution in [0, 0.1) is 5.92 Å². The van der Waals surface area contributed by atoms with Gasteiger partial charge in [-0.3, -0.25) is 4.79 Å². The maximum Gasteiger partial charge on any atom is 0.313 e. The lowest BCUT2D eigenvalue weighted by molar-refractivity contribution is -0.157. The number of carbonyl (C=O) groups excluding carboxylic acids is 1. The van der Waals surface area contributed by atoms with Gasteiger partial charge in [-0.2, -0.15) is 0 Å². The Bertz CT molecular complexity index is 1450. The first-order chi connectivity index (χ1) is 20.6. The van der Waals surface area contributed by atoms with Crippen molar-refractivity contribution < 1.29 is 19.4 Å². The van der Waals surface area contributed by atoms with E-state index < -0.39 is 23.6 Å². The van der Waals surface area contributed by atoms with Gasteiger partial charge in [-0.1, -0.05) is 133 Å². The fourth-order valence-corrected chi connectivity index (χ4v) is 5.78. The minimum Gasteiger partial charge on any atom is -0.466 e. The van der Waals surface area contributed by atoms with Crippen LogP contribution in [0.5, 0.6) is 0 Å². The molecule has 1 N–H and O–H groups in total. The minimum absolute atomic E-state index is 0.00699. The monoisotopic (exact) mass is 558 g/mol. The summed E-state index contributed by atoms with van der Waals surface area (Å²) in [7, 11) is 0. The largest absolute Gasteiger partial charge is 0.466 e. The van der Waals surface area contributed by atoms with Crippen molar-refractivity contribution in [1.29, 1.82) is 0 Å². The lowest BCUT2D eigenvalue weighted by Gasteiger charge is -2.37. The van der Waals surface area contributed by atoms with Gasteiger partial charge in [0.25, 0.3) is 0 Å². The lowest BCUT2D eigenvalue weighted by atomic mass is 9.80. The fourth-order valence-electron chi connectivity index (χ4n) is 5.78. The Labute approximate surface area is 248 Å². The zero-order chi connectivity index (χ0) is 29.2. The molecule has 4 nitrogen and oxygen atoms in total. The van der Waals surface area contributed by atoms with Crippen LogP contribution in [0.2, 0.25) is 0 Å². The second-order valence-electron chi connectivity index (χ2n) is 10.5. The number of aliphatic hydroxyl groups excluding tert-OH is 1. The number of hydrogen-bond donors (Lipinski definition) is 1. The number of carbonyl (C=O) groups is 1. The summed E-state index contributed by atoms with van der Waals surface area (Å²) < 4.78 is 12.4. The Hall–Kier alpha value is -4.25. The van der Waals surface area contributed by atoms with Crippen molar-refractivity contribution in [3.8, 4) is 0 Å². The molecule has 0 spiro atoms. The van der Waals surface area contributed by atoms with Crippen LogP contribution in [-0.2, 0) is 26.3 Å². The predicted octanol–water partition coefficient (Wildman–Crippen LogP) is 7.71. The molecule has 0 amide bonds. The molecule has 2 atom stereocenters. The van der Waals surface area contributed by atoms with Gasteiger partial charge in [0.1, 0.15) is 11.5 Å². The Balaban J connectivity index is 1.42. The molecule has 0 aromatic heterocycles. The Kier molecular flexibility index (Phi) is 9.81. The summed E-state index contributed by atoms with van der Waals surface area (Å²) in [6.45, 7) is 2.01. The number of aliphatic hydroxyl groups is 1. The van der Waals surface area contributed by atoms with Crippen LogP contribution in [0.3, 0.4) is 0 Å². The molecule has 0 fully saturated rings. The van der Waals surface area contributed by atoms with Gasteiger partial charge in [-0.15, -0.1) is 0 Å². The molecule has 5 rings (SSSR count). The van der Waals surface area contributed by atoms with Gasteiger partial charge in [0, 0.05) is 0 Å². The van der Waals surface area contributed by atoms with Crippen molar-refractivity contribution in [1.82, 2.24) is 0 Å². The minimum atomic E-state index is -0.989. The summed E-state index contributed by atoms with van der Waals surface area (Å²) in [5.41, 5.74) is 3.07. The number of rotatable bonds is 13. The van der Waals surface area contributed by atoms with E-state index in [0.29, 0.717) is 6.42 Å². The molecule has 214 valence electrons. The van der Waals surface area contributed by atoms with Crippen molar-refractivity contribution in [3.05, 3.63) is 156 Å². The lowest BCUT2D eigenvalue weighted by Crippen LogP contribution is -2.40. The highest BCUT2D eigenvalue weighted by atomic mass is 16.5. The fraction of sp³-hybridized carbons (Fsp3) is 0.237. The topological polar surface area (TPSA) is 55.8 Å². The summed E-state index contributed by atoms with van der Waals surface area (Å²) in [6.07, 6.45) is 1.06. The van der Waals surface area contributed by atoms with Crippen molar-refractivity contribution >= 4 is 16.7 Å². The molecule has 0 radical (unpaired) electrons. The van der Waals surface area contributed by atoms with E-state index in [2.05, 4.69) is 30.3 Å². The van der Waals surface area contributed by atoms with E-state index in [4.69, 9.17) is 9.47 Å². The number of fused-ring (bicyclic) bond motifs is 1. The first kappa shape index (κ1) is 29.2. The highest BCUT2D eigenvalue weighted by Gasteiger charge is 2.40. The third-order valence-corrected chi connectivity index (χ3v) is 7.90. The Morgan fingerprint density at radius 2 is 1.24 bits per heavy atom. The smallest absolute Gasteiger partial charge is 0.313 e. The molecule has 0 saturated carbocycles.